The van der Waals surface area contributed by atoms with Crippen molar-refractivity contribution < 1.29 is 9.18 Å². The number of hydrogen-bond donors (Lipinski definition) is 2. The SMILES string of the molecule is CN(CCC(C)(NC1CC1)C(N)=O)c1cccc(F)c1. The highest BCUT2D eigenvalue weighted by Crippen LogP contribution is 2.24. The fourth-order valence-electron chi connectivity index (χ4n) is 2.18. The van der Waals surface area contributed by atoms with E-state index in [9.17, 15) is 9.18 Å². The van der Waals surface area contributed by atoms with Gasteiger partial charge in [0.05, 0.1) is 5.54 Å². The normalized spacial score (nSPS) is 17.6. The second-order valence-corrected chi connectivity index (χ2v) is 5.77. The molecular formula is C15H22FN3O. The predicted octanol–water partition coefficient (Wildman–Crippen LogP) is 1.65. The third-order valence-corrected chi connectivity index (χ3v) is 3.84. The highest BCUT2D eigenvalue weighted by molar-refractivity contribution is 5.84. The van der Waals surface area contributed by atoms with E-state index >= 15 is 0 Å². The van der Waals surface area contributed by atoms with Gasteiger partial charge in [-0.05, 0) is 44.4 Å². The van der Waals surface area contributed by atoms with E-state index in [1.165, 1.54) is 12.1 Å². The molecule has 1 aromatic rings. The maximum atomic E-state index is 13.2. The smallest absolute Gasteiger partial charge is 0.237 e. The fourth-order valence-corrected chi connectivity index (χ4v) is 2.18. The predicted molar refractivity (Wildman–Crippen MR) is 78.0 cm³/mol. The van der Waals surface area contributed by atoms with E-state index in [1.807, 2.05) is 24.9 Å². The first-order valence-electron chi connectivity index (χ1n) is 6.95. The minimum absolute atomic E-state index is 0.261. The Labute approximate surface area is 119 Å². The molecule has 1 atom stereocenters. The first kappa shape index (κ1) is 14.8. The number of nitrogens with two attached hydrogens (primary N) is 1. The number of primary amides is 1. The quantitative estimate of drug-likeness (QED) is 0.798. The maximum absolute atomic E-state index is 13.2. The lowest BCUT2D eigenvalue weighted by molar-refractivity contribution is -0.124. The summed E-state index contributed by atoms with van der Waals surface area (Å²) in [6, 6.07) is 6.83. The van der Waals surface area contributed by atoms with Gasteiger partial charge in [-0.15, -0.1) is 0 Å². The molecule has 0 aromatic heterocycles. The molecular weight excluding hydrogens is 257 g/mol. The Hall–Kier alpha value is -1.62. The van der Waals surface area contributed by atoms with Gasteiger partial charge in [-0.25, -0.2) is 4.39 Å². The zero-order chi connectivity index (χ0) is 14.8. The highest BCUT2D eigenvalue weighted by Gasteiger charge is 2.36. The molecule has 0 saturated heterocycles. The zero-order valence-electron chi connectivity index (χ0n) is 12.0. The standard InChI is InChI=1S/C15H22FN3O/c1-15(14(17)20,18-12-6-7-12)8-9-19(2)13-5-3-4-11(16)10-13/h3-5,10,12,18H,6-9H2,1-2H3,(H2,17,20). The first-order valence-corrected chi connectivity index (χ1v) is 6.95. The summed E-state index contributed by atoms with van der Waals surface area (Å²) in [7, 11) is 1.88. The molecule has 1 aliphatic rings. The van der Waals surface area contributed by atoms with Gasteiger partial charge < -0.3 is 16.0 Å². The molecule has 1 amide bonds. The lowest BCUT2D eigenvalue weighted by Crippen LogP contribution is -2.55. The minimum atomic E-state index is -0.706. The number of benzene rings is 1. The van der Waals surface area contributed by atoms with E-state index in [0.29, 0.717) is 19.0 Å². The summed E-state index contributed by atoms with van der Waals surface area (Å²) in [6.45, 7) is 2.47. The summed E-state index contributed by atoms with van der Waals surface area (Å²) < 4.78 is 13.2. The molecule has 1 fully saturated rings. The van der Waals surface area contributed by atoms with Gasteiger partial charge in [-0.1, -0.05) is 6.07 Å². The molecule has 1 aromatic carbocycles. The van der Waals surface area contributed by atoms with E-state index in [1.54, 1.807) is 6.07 Å². The second kappa shape index (κ2) is 5.79. The van der Waals surface area contributed by atoms with Crippen LogP contribution in [0.15, 0.2) is 24.3 Å². The molecule has 0 aliphatic heterocycles. The molecule has 5 heteroatoms. The van der Waals surface area contributed by atoms with E-state index in [2.05, 4.69) is 5.32 Å². The highest BCUT2D eigenvalue weighted by atomic mass is 19.1. The van der Waals surface area contributed by atoms with Gasteiger partial charge in [0.1, 0.15) is 5.82 Å². The number of nitrogens with one attached hydrogen (secondary N) is 1. The van der Waals surface area contributed by atoms with Crippen LogP contribution in [-0.4, -0.2) is 31.1 Å². The van der Waals surface area contributed by atoms with Crippen LogP contribution in [0.3, 0.4) is 0 Å². The van der Waals surface area contributed by atoms with E-state index in [-0.39, 0.29) is 11.7 Å². The molecule has 4 nitrogen and oxygen atoms in total. The van der Waals surface area contributed by atoms with Crippen molar-refractivity contribution in [1.29, 1.82) is 0 Å². The molecule has 0 radical (unpaired) electrons. The van der Waals surface area contributed by atoms with Crippen LogP contribution in [0, 0.1) is 5.82 Å². The summed E-state index contributed by atoms with van der Waals surface area (Å²) in [4.78, 5) is 13.6. The number of hydrogen-bond acceptors (Lipinski definition) is 3. The lowest BCUT2D eigenvalue weighted by Gasteiger charge is -2.30. The monoisotopic (exact) mass is 279 g/mol. The molecule has 3 N–H and O–H groups in total. The van der Waals surface area contributed by atoms with Crippen LogP contribution in [0.25, 0.3) is 0 Å². The van der Waals surface area contributed by atoms with Crippen molar-refractivity contribution in [3.8, 4) is 0 Å². The topological polar surface area (TPSA) is 58.4 Å². The van der Waals surface area contributed by atoms with Crippen LogP contribution in [0.5, 0.6) is 0 Å². The van der Waals surface area contributed by atoms with Crippen LogP contribution in [0.4, 0.5) is 10.1 Å². The Morgan fingerprint density at radius 3 is 2.80 bits per heavy atom. The first-order chi connectivity index (χ1) is 9.40. The molecule has 20 heavy (non-hydrogen) atoms. The van der Waals surface area contributed by atoms with Crippen LogP contribution in [-0.2, 0) is 4.79 Å². The van der Waals surface area contributed by atoms with Crippen molar-refractivity contribution in [2.24, 2.45) is 5.73 Å². The van der Waals surface area contributed by atoms with Gasteiger partial charge >= 0.3 is 0 Å². The van der Waals surface area contributed by atoms with Crippen molar-refractivity contribution in [2.45, 2.75) is 37.8 Å². The summed E-state index contributed by atoms with van der Waals surface area (Å²) in [5.74, 6) is -0.597. The summed E-state index contributed by atoms with van der Waals surface area (Å²) in [6.07, 6.45) is 2.79. The molecule has 1 unspecified atom stereocenters. The maximum Gasteiger partial charge on any atom is 0.237 e. The van der Waals surface area contributed by atoms with Crippen LogP contribution in [0.1, 0.15) is 26.2 Å². The van der Waals surface area contributed by atoms with Crippen molar-refractivity contribution >= 4 is 11.6 Å². The van der Waals surface area contributed by atoms with Gasteiger partial charge in [0, 0.05) is 25.3 Å². The van der Waals surface area contributed by atoms with Gasteiger partial charge in [0.2, 0.25) is 5.91 Å². The lowest BCUT2D eigenvalue weighted by atomic mass is 9.96. The molecule has 2 rings (SSSR count). The number of anilines is 1. The van der Waals surface area contributed by atoms with Gasteiger partial charge in [-0.3, -0.25) is 4.79 Å². The Kier molecular flexibility index (Phi) is 4.28. The van der Waals surface area contributed by atoms with Crippen molar-refractivity contribution in [3.63, 3.8) is 0 Å². The third kappa shape index (κ3) is 3.70. The Morgan fingerprint density at radius 2 is 2.25 bits per heavy atom. The van der Waals surface area contributed by atoms with Crippen LogP contribution in [0.2, 0.25) is 0 Å². The van der Waals surface area contributed by atoms with E-state index in [4.69, 9.17) is 5.73 Å². The zero-order valence-corrected chi connectivity index (χ0v) is 12.0. The van der Waals surface area contributed by atoms with Crippen molar-refractivity contribution in [2.75, 3.05) is 18.5 Å². The number of halogens is 1. The molecule has 0 heterocycles. The van der Waals surface area contributed by atoms with Gasteiger partial charge in [0.15, 0.2) is 0 Å². The summed E-state index contributed by atoms with van der Waals surface area (Å²) in [5, 5.41) is 3.31. The van der Waals surface area contributed by atoms with Crippen LogP contribution < -0.4 is 16.0 Å². The molecule has 1 saturated carbocycles. The number of rotatable bonds is 7. The molecule has 1 aliphatic carbocycles. The van der Waals surface area contributed by atoms with Gasteiger partial charge in [0.25, 0.3) is 0 Å². The minimum Gasteiger partial charge on any atom is -0.374 e. The molecule has 0 bridgehead atoms. The van der Waals surface area contributed by atoms with Gasteiger partial charge in [-0.2, -0.15) is 0 Å². The van der Waals surface area contributed by atoms with Crippen LogP contribution >= 0.6 is 0 Å². The fraction of sp³-hybridized carbons (Fsp3) is 0.533. The number of nitrogens with zero attached hydrogens (tertiary/aromatic N) is 1. The molecule has 110 valence electrons. The Bertz CT molecular complexity index is 490. The average Bonchev–Trinajstić information content (AvgIpc) is 3.19. The number of carbonyl (C=O) groups is 1. The number of carbonyl (C=O) groups excluding carboxylic acids is 1. The molecule has 0 spiro atoms. The van der Waals surface area contributed by atoms with Crippen molar-refractivity contribution in [3.05, 3.63) is 30.1 Å². The Balaban J connectivity index is 1.96. The Morgan fingerprint density at radius 1 is 1.55 bits per heavy atom. The van der Waals surface area contributed by atoms with E-state index in [0.717, 1.165) is 18.5 Å². The van der Waals surface area contributed by atoms with Crippen molar-refractivity contribution in [1.82, 2.24) is 5.32 Å². The largest absolute Gasteiger partial charge is 0.374 e. The average molecular weight is 279 g/mol. The summed E-state index contributed by atoms with van der Waals surface area (Å²) >= 11 is 0. The van der Waals surface area contributed by atoms with E-state index < -0.39 is 5.54 Å². The second-order valence-electron chi connectivity index (χ2n) is 5.77. The summed E-state index contributed by atoms with van der Waals surface area (Å²) in [5.41, 5.74) is 5.61. The third-order valence-electron chi connectivity index (χ3n) is 3.84. The number of amides is 1.